The second-order valence-electron chi connectivity index (χ2n) is 2.66. The van der Waals surface area contributed by atoms with E-state index in [-0.39, 0.29) is 17.1 Å². The maximum absolute atomic E-state index is 10.9. The minimum absolute atomic E-state index is 0.176. The van der Waals surface area contributed by atoms with Crippen molar-refractivity contribution < 1.29 is 4.79 Å². The van der Waals surface area contributed by atoms with Crippen LogP contribution in [0.5, 0.6) is 0 Å². The van der Waals surface area contributed by atoms with Crippen LogP contribution in [0.15, 0.2) is 12.2 Å². The Kier molecular flexibility index (Phi) is 0.974. The lowest BCUT2D eigenvalue weighted by atomic mass is 9.74. The molecule has 0 amide bonds. The molecule has 0 aromatic carbocycles. The van der Waals surface area contributed by atoms with Crippen molar-refractivity contribution in [2.45, 2.75) is 11.8 Å². The van der Waals surface area contributed by atoms with Gasteiger partial charge in [0, 0.05) is 5.92 Å². The third kappa shape index (κ3) is 0.531. The number of allylic oxidation sites excluding steroid dienone is 2. The number of rotatable bonds is 0. The van der Waals surface area contributed by atoms with E-state index >= 15 is 0 Å². The molecule has 9 heavy (non-hydrogen) atoms. The highest BCUT2D eigenvalue weighted by Gasteiger charge is 2.48. The molecule has 0 radical (unpaired) electrons. The van der Waals surface area contributed by atoms with Gasteiger partial charge >= 0.3 is 0 Å². The highest BCUT2D eigenvalue weighted by atomic mass is 35.5. The molecule has 0 saturated heterocycles. The Morgan fingerprint density at radius 2 is 2.44 bits per heavy atom. The molecule has 0 aliphatic heterocycles. The molecule has 0 N–H and O–H groups in total. The summed E-state index contributed by atoms with van der Waals surface area (Å²) in [5, 5.41) is -0.176. The average molecular weight is 143 g/mol. The first-order valence-electron chi connectivity index (χ1n) is 3.15. The highest BCUT2D eigenvalue weighted by Crippen LogP contribution is 2.42. The lowest BCUT2D eigenvalue weighted by Gasteiger charge is -2.33. The van der Waals surface area contributed by atoms with E-state index in [4.69, 9.17) is 11.6 Å². The Bertz CT molecular complexity index is 185. The van der Waals surface area contributed by atoms with Crippen molar-refractivity contribution in [1.82, 2.24) is 0 Å². The first-order chi connectivity index (χ1) is 4.30. The number of fused-ring (bicyclic) bond motifs is 1. The van der Waals surface area contributed by atoms with Gasteiger partial charge in [0.15, 0.2) is 5.78 Å². The van der Waals surface area contributed by atoms with Crippen LogP contribution in [0, 0.1) is 11.8 Å². The lowest BCUT2D eigenvalue weighted by Crippen LogP contribution is -2.45. The molecule has 2 aliphatic rings. The molecule has 3 atom stereocenters. The second-order valence-corrected chi connectivity index (χ2v) is 3.13. The zero-order valence-electron chi connectivity index (χ0n) is 4.88. The lowest BCUT2D eigenvalue weighted by molar-refractivity contribution is -0.130. The molecule has 1 nitrogen and oxygen atoms in total. The van der Waals surface area contributed by atoms with Crippen LogP contribution in [0.1, 0.15) is 6.42 Å². The molecule has 2 aliphatic carbocycles. The van der Waals surface area contributed by atoms with E-state index < -0.39 is 0 Å². The molecular weight excluding hydrogens is 136 g/mol. The number of carbonyl (C=O) groups is 1. The third-order valence-electron chi connectivity index (χ3n) is 2.19. The van der Waals surface area contributed by atoms with Crippen molar-refractivity contribution in [1.29, 1.82) is 0 Å². The molecule has 2 rings (SSSR count). The SMILES string of the molecule is O=C1[C@@H](Cl)[C@H]2CC=C[C@@H]12. The number of halogens is 1. The molecule has 0 aromatic rings. The predicted molar refractivity (Wildman–Crippen MR) is 35.4 cm³/mol. The van der Waals surface area contributed by atoms with Crippen molar-refractivity contribution >= 4 is 17.4 Å². The Morgan fingerprint density at radius 3 is 3.11 bits per heavy atom. The van der Waals surface area contributed by atoms with E-state index in [2.05, 4.69) is 6.08 Å². The second kappa shape index (κ2) is 1.60. The van der Waals surface area contributed by atoms with Gasteiger partial charge in [-0.2, -0.15) is 0 Å². The van der Waals surface area contributed by atoms with Gasteiger partial charge in [-0.05, 0) is 12.3 Å². The van der Waals surface area contributed by atoms with Crippen molar-refractivity contribution in [3.8, 4) is 0 Å². The van der Waals surface area contributed by atoms with Crippen LogP contribution in [-0.2, 0) is 4.79 Å². The van der Waals surface area contributed by atoms with E-state index in [9.17, 15) is 4.79 Å². The van der Waals surface area contributed by atoms with Gasteiger partial charge in [0.2, 0.25) is 0 Å². The minimum atomic E-state index is -0.176. The number of hydrogen-bond acceptors (Lipinski definition) is 1. The molecule has 1 fully saturated rings. The highest BCUT2D eigenvalue weighted by molar-refractivity contribution is 6.34. The standard InChI is InChI=1S/C7H7ClO/c8-6-4-2-1-3-5(4)7(6)9/h1,3-6H,2H2/t4-,5+,6-/m0/s1. The monoisotopic (exact) mass is 142 g/mol. The van der Waals surface area contributed by atoms with Crippen LogP contribution in [0.4, 0.5) is 0 Å². The van der Waals surface area contributed by atoms with Crippen LogP contribution < -0.4 is 0 Å². The minimum Gasteiger partial charge on any atom is -0.297 e. The van der Waals surface area contributed by atoms with Crippen molar-refractivity contribution in [2.24, 2.45) is 11.8 Å². The number of ketones is 1. The van der Waals surface area contributed by atoms with Crippen LogP contribution in [0.2, 0.25) is 0 Å². The van der Waals surface area contributed by atoms with Crippen molar-refractivity contribution in [2.75, 3.05) is 0 Å². The molecule has 0 spiro atoms. The topological polar surface area (TPSA) is 17.1 Å². The first-order valence-corrected chi connectivity index (χ1v) is 3.59. The van der Waals surface area contributed by atoms with Gasteiger partial charge in [-0.25, -0.2) is 0 Å². The summed E-state index contributed by atoms with van der Waals surface area (Å²) < 4.78 is 0. The summed E-state index contributed by atoms with van der Waals surface area (Å²) in [5.41, 5.74) is 0. The fourth-order valence-corrected chi connectivity index (χ4v) is 1.96. The fourth-order valence-electron chi connectivity index (χ4n) is 1.56. The summed E-state index contributed by atoms with van der Waals surface area (Å²) in [5.74, 6) is 0.849. The van der Waals surface area contributed by atoms with Gasteiger partial charge in [-0.15, -0.1) is 11.6 Å². The van der Waals surface area contributed by atoms with E-state index in [0.29, 0.717) is 5.92 Å². The quantitative estimate of drug-likeness (QED) is 0.369. The van der Waals surface area contributed by atoms with Crippen molar-refractivity contribution in [3.63, 3.8) is 0 Å². The Morgan fingerprint density at radius 1 is 1.67 bits per heavy atom. The Balaban J connectivity index is 2.21. The van der Waals surface area contributed by atoms with Crippen LogP contribution >= 0.6 is 11.6 Å². The summed E-state index contributed by atoms with van der Waals surface area (Å²) in [7, 11) is 0. The van der Waals surface area contributed by atoms with E-state index in [1.807, 2.05) is 6.08 Å². The third-order valence-corrected chi connectivity index (χ3v) is 2.73. The smallest absolute Gasteiger partial charge is 0.158 e. The molecule has 0 aromatic heterocycles. The van der Waals surface area contributed by atoms with Gasteiger partial charge in [-0.3, -0.25) is 4.79 Å². The molecule has 48 valence electrons. The molecule has 0 bridgehead atoms. The number of alkyl halides is 1. The van der Waals surface area contributed by atoms with Crippen LogP contribution in [-0.4, -0.2) is 11.2 Å². The summed E-state index contributed by atoms with van der Waals surface area (Å²) >= 11 is 5.71. The van der Waals surface area contributed by atoms with Gasteiger partial charge in [-0.1, -0.05) is 12.2 Å². The normalized spacial score (nSPS) is 46.8. The maximum atomic E-state index is 10.9. The van der Waals surface area contributed by atoms with E-state index in [1.54, 1.807) is 0 Å². The number of hydrogen-bond donors (Lipinski definition) is 0. The predicted octanol–water partition coefficient (Wildman–Crippen LogP) is 1.37. The summed E-state index contributed by atoms with van der Waals surface area (Å²) in [6.45, 7) is 0. The number of carbonyl (C=O) groups excluding carboxylic acids is 1. The maximum Gasteiger partial charge on any atom is 0.158 e. The zero-order chi connectivity index (χ0) is 6.43. The Hall–Kier alpha value is -0.300. The van der Waals surface area contributed by atoms with Crippen LogP contribution in [0.25, 0.3) is 0 Å². The molecule has 2 heteroatoms. The first kappa shape index (κ1) is 5.48. The van der Waals surface area contributed by atoms with Gasteiger partial charge in [0.25, 0.3) is 0 Å². The van der Waals surface area contributed by atoms with E-state index in [0.717, 1.165) is 6.42 Å². The van der Waals surface area contributed by atoms with Gasteiger partial charge in [0.05, 0.1) is 5.38 Å². The Labute approximate surface area is 58.7 Å². The molecule has 0 unspecified atom stereocenters. The molecule has 0 heterocycles. The van der Waals surface area contributed by atoms with Gasteiger partial charge in [0.1, 0.15) is 0 Å². The van der Waals surface area contributed by atoms with Gasteiger partial charge < -0.3 is 0 Å². The van der Waals surface area contributed by atoms with Crippen molar-refractivity contribution in [3.05, 3.63) is 12.2 Å². The van der Waals surface area contributed by atoms with Crippen LogP contribution in [0.3, 0.4) is 0 Å². The summed E-state index contributed by atoms with van der Waals surface area (Å²) in [6.07, 6.45) is 5.03. The zero-order valence-corrected chi connectivity index (χ0v) is 5.64. The molecule has 1 saturated carbocycles. The summed E-state index contributed by atoms with van der Waals surface area (Å²) in [6, 6.07) is 0. The fraction of sp³-hybridized carbons (Fsp3) is 0.571. The summed E-state index contributed by atoms with van der Waals surface area (Å²) in [4.78, 5) is 10.9. The average Bonchev–Trinajstić information content (AvgIpc) is 2.30. The molecular formula is C7H7ClO. The largest absolute Gasteiger partial charge is 0.297 e. The van der Waals surface area contributed by atoms with E-state index in [1.165, 1.54) is 0 Å². The number of Topliss-reactive ketones (excluding diaryl/α,β-unsaturated/α-hetero) is 1.